The van der Waals surface area contributed by atoms with Crippen LogP contribution in [0.15, 0.2) is 54.2 Å². The van der Waals surface area contributed by atoms with Crippen molar-refractivity contribution in [1.29, 1.82) is 0 Å². The largest absolute Gasteiger partial charge is 0.497 e. The van der Waals surface area contributed by atoms with Crippen molar-refractivity contribution in [2.24, 2.45) is 0 Å². The van der Waals surface area contributed by atoms with E-state index in [1.807, 2.05) is 4.90 Å². The fourth-order valence-electron chi connectivity index (χ4n) is 3.76. The number of hydrogen-bond acceptors (Lipinski definition) is 5. The molecule has 156 valence electrons. The first-order valence-corrected chi connectivity index (χ1v) is 9.90. The topological polar surface area (TPSA) is 59.1 Å². The van der Waals surface area contributed by atoms with E-state index in [-0.39, 0.29) is 24.2 Å². The van der Waals surface area contributed by atoms with Gasteiger partial charge in [0.2, 0.25) is 0 Å². The number of halogens is 1. The van der Waals surface area contributed by atoms with Crippen LogP contribution in [0.2, 0.25) is 0 Å². The number of morpholine rings is 1. The summed E-state index contributed by atoms with van der Waals surface area (Å²) in [6.45, 7) is 2.36. The van der Waals surface area contributed by atoms with Crippen molar-refractivity contribution in [2.45, 2.75) is 6.42 Å². The Balaban J connectivity index is 1.63. The average molecular weight is 410 g/mol. The van der Waals surface area contributed by atoms with Crippen LogP contribution in [0.5, 0.6) is 5.75 Å². The number of methoxy groups -OCH3 is 1. The van der Waals surface area contributed by atoms with Crippen molar-refractivity contribution >= 4 is 17.4 Å². The van der Waals surface area contributed by atoms with Crippen LogP contribution < -0.4 is 4.74 Å². The maximum Gasteiger partial charge on any atom is 0.277 e. The first kappa shape index (κ1) is 20.1. The van der Waals surface area contributed by atoms with E-state index in [0.29, 0.717) is 55.3 Å². The van der Waals surface area contributed by atoms with Gasteiger partial charge in [0.15, 0.2) is 0 Å². The molecule has 0 bridgehead atoms. The molecule has 6 nitrogen and oxygen atoms in total. The van der Waals surface area contributed by atoms with E-state index in [2.05, 4.69) is 0 Å². The average Bonchev–Trinajstić information content (AvgIpc) is 3.03. The maximum absolute atomic E-state index is 13.3. The summed E-state index contributed by atoms with van der Waals surface area (Å²) in [5.74, 6) is -0.244. The van der Waals surface area contributed by atoms with E-state index in [9.17, 15) is 14.0 Å². The van der Waals surface area contributed by atoms with Crippen molar-refractivity contribution in [2.75, 3.05) is 40.0 Å². The van der Waals surface area contributed by atoms with Crippen LogP contribution in [0, 0.1) is 5.82 Å². The molecule has 2 aromatic rings. The molecule has 4 rings (SSSR count). The lowest BCUT2D eigenvalue weighted by Crippen LogP contribution is -2.40. The minimum atomic E-state index is -0.315. The normalized spacial score (nSPS) is 17.1. The van der Waals surface area contributed by atoms with Gasteiger partial charge in [-0.15, -0.1) is 0 Å². The number of hydrogen-bond donors (Lipinski definition) is 0. The number of amides is 2. The van der Waals surface area contributed by atoms with Crippen LogP contribution in [0.1, 0.15) is 11.1 Å². The summed E-state index contributed by atoms with van der Waals surface area (Å²) in [5.41, 5.74) is 2.37. The Morgan fingerprint density at radius 1 is 0.967 bits per heavy atom. The Morgan fingerprint density at radius 3 is 2.27 bits per heavy atom. The number of benzene rings is 2. The quantitative estimate of drug-likeness (QED) is 0.685. The van der Waals surface area contributed by atoms with E-state index in [1.54, 1.807) is 43.5 Å². The van der Waals surface area contributed by atoms with E-state index in [4.69, 9.17) is 9.47 Å². The summed E-state index contributed by atoms with van der Waals surface area (Å²) >= 11 is 0. The predicted molar refractivity (Wildman–Crippen MR) is 109 cm³/mol. The molecular formula is C23H23FN2O4. The predicted octanol–water partition coefficient (Wildman–Crippen LogP) is 2.49. The van der Waals surface area contributed by atoms with Gasteiger partial charge in [-0.1, -0.05) is 24.3 Å². The molecule has 30 heavy (non-hydrogen) atoms. The number of ether oxygens (including phenoxy) is 2. The molecule has 2 aliphatic rings. The van der Waals surface area contributed by atoms with Crippen molar-refractivity contribution in [1.82, 2.24) is 9.80 Å². The fourth-order valence-corrected chi connectivity index (χ4v) is 3.76. The molecular weight excluding hydrogens is 387 g/mol. The summed E-state index contributed by atoms with van der Waals surface area (Å²) in [4.78, 5) is 29.8. The number of carbonyl (C=O) groups excluding carboxylic acids is 2. The number of imide groups is 1. The Bertz CT molecular complexity index is 964. The van der Waals surface area contributed by atoms with E-state index >= 15 is 0 Å². The SMILES string of the molecule is COc1ccc(C2=C(N3CCOCC3)C(=O)N(CCc3ccc(F)cc3)C2=O)cc1. The molecule has 0 atom stereocenters. The molecule has 1 fully saturated rings. The molecule has 0 aromatic heterocycles. The summed E-state index contributed by atoms with van der Waals surface area (Å²) in [6.07, 6.45) is 0.462. The molecule has 0 unspecified atom stereocenters. The Morgan fingerprint density at radius 2 is 1.63 bits per heavy atom. The van der Waals surface area contributed by atoms with Gasteiger partial charge in [0.1, 0.15) is 17.3 Å². The van der Waals surface area contributed by atoms with Crippen molar-refractivity contribution in [3.05, 3.63) is 71.2 Å². The van der Waals surface area contributed by atoms with Crippen LogP contribution in [0.4, 0.5) is 4.39 Å². The lowest BCUT2D eigenvalue weighted by molar-refractivity contribution is -0.137. The van der Waals surface area contributed by atoms with Gasteiger partial charge in [0.05, 0.1) is 25.9 Å². The van der Waals surface area contributed by atoms with Crippen LogP contribution >= 0.6 is 0 Å². The number of carbonyl (C=O) groups is 2. The fraction of sp³-hybridized carbons (Fsp3) is 0.304. The minimum absolute atomic E-state index is 0.233. The minimum Gasteiger partial charge on any atom is -0.497 e. The Hall–Kier alpha value is -3.19. The zero-order valence-electron chi connectivity index (χ0n) is 16.8. The molecule has 0 saturated carbocycles. The van der Waals surface area contributed by atoms with Crippen molar-refractivity contribution in [3.63, 3.8) is 0 Å². The van der Waals surface area contributed by atoms with Gasteiger partial charge < -0.3 is 14.4 Å². The third-order valence-electron chi connectivity index (χ3n) is 5.39. The molecule has 1 saturated heterocycles. The van der Waals surface area contributed by atoms with Crippen molar-refractivity contribution < 1.29 is 23.5 Å². The smallest absolute Gasteiger partial charge is 0.277 e. The first-order valence-electron chi connectivity index (χ1n) is 9.90. The second-order valence-corrected chi connectivity index (χ2v) is 7.19. The van der Waals surface area contributed by atoms with Crippen molar-refractivity contribution in [3.8, 4) is 5.75 Å². The van der Waals surface area contributed by atoms with Gasteiger partial charge in [-0.05, 0) is 41.8 Å². The molecule has 2 aromatic carbocycles. The second-order valence-electron chi connectivity index (χ2n) is 7.19. The van der Waals surface area contributed by atoms with E-state index in [0.717, 1.165) is 5.56 Å². The Kier molecular flexibility index (Phi) is 5.81. The van der Waals surface area contributed by atoms with Gasteiger partial charge in [-0.25, -0.2) is 4.39 Å². The van der Waals surface area contributed by atoms with E-state index in [1.165, 1.54) is 17.0 Å². The highest BCUT2D eigenvalue weighted by Gasteiger charge is 2.41. The molecule has 0 radical (unpaired) electrons. The third-order valence-corrected chi connectivity index (χ3v) is 5.39. The maximum atomic E-state index is 13.3. The summed E-state index contributed by atoms with van der Waals surface area (Å²) in [7, 11) is 1.58. The summed E-state index contributed by atoms with van der Waals surface area (Å²) in [6, 6.07) is 13.2. The molecule has 2 aliphatic heterocycles. The lowest BCUT2D eigenvalue weighted by atomic mass is 10.0. The zero-order valence-corrected chi connectivity index (χ0v) is 16.8. The van der Waals surface area contributed by atoms with Gasteiger partial charge in [0, 0.05) is 19.6 Å². The third kappa shape index (κ3) is 3.93. The standard InChI is InChI=1S/C23H23FN2O4/c1-29-19-8-4-17(5-9-19)20-21(25-12-14-30-15-13-25)23(28)26(22(20)27)11-10-16-2-6-18(24)7-3-16/h2-9H,10-15H2,1H3. The second kappa shape index (κ2) is 8.67. The monoisotopic (exact) mass is 410 g/mol. The molecule has 0 spiro atoms. The van der Waals surface area contributed by atoms with Gasteiger partial charge in [-0.2, -0.15) is 0 Å². The highest BCUT2D eigenvalue weighted by molar-refractivity contribution is 6.35. The highest BCUT2D eigenvalue weighted by Crippen LogP contribution is 2.33. The van der Waals surface area contributed by atoms with Crippen LogP contribution in [0.25, 0.3) is 5.57 Å². The van der Waals surface area contributed by atoms with Crippen LogP contribution in [-0.4, -0.2) is 61.6 Å². The molecule has 7 heteroatoms. The van der Waals surface area contributed by atoms with Crippen LogP contribution in [-0.2, 0) is 20.7 Å². The lowest BCUT2D eigenvalue weighted by Gasteiger charge is -2.29. The van der Waals surface area contributed by atoms with Gasteiger partial charge in [-0.3, -0.25) is 14.5 Å². The highest BCUT2D eigenvalue weighted by atomic mass is 19.1. The first-order chi connectivity index (χ1) is 14.6. The molecule has 2 heterocycles. The summed E-state index contributed by atoms with van der Waals surface area (Å²) < 4.78 is 23.8. The van der Waals surface area contributed by atoms with E-state index < -0.39 is 0 Å². The van der Waals surface area contributed by atoms with Gasteiger partial charge in [0.25, 0.3) is 11.8 Å². The Labute approximate surface area is 174 Å². The number of rotatable bonds is 6. The van der Waals surface area contributed by atoms with Gasteiger partial charge >= 0.3 is 0 Å². The van der Waals surface area contributed by atoms with Crippen LogP contribution in [0.3, 0.4) is 0 Å². The molecule has 2 amide bonds. The molecule has 0 N–H and O–H groups in total. The number of nitrogens with zero attached hydrogens (tertiary/aromatic N) is 2. The summed E-state index contributed by atoms with van der Waals surface area (Å²) in [5, 5.41) is 0. The zero-order chi connectivity index (χ0) is 21.1. The molecule has 0 aliphatic carbocycles.